The van der Waals surface area contributed by atoms with E-state index in [1.807, 2.05) is 6.07 Å². The van der Waals surface area contributed by atoms with Crippen molar-refractivity contribution in [3.05, 3.63) is 70.8 Å². The van der Waals surface area contributed by atoms with E-state index in [2.05, 4.69) is 5.32 Å². The first kappa shape index (κ1) is 15.3. The summed E-state index contributed by atoms with van der Waals surface area (Å²) in [6.45, 7) is 0.318. The number of hydrogen-bond acceptors (Lipinski definition) is 3. The third-order valence-corrected chi connectivity index (χ3v) is 3.15. The van der Waals surface area contributed by atoms with Crippen LogP contribution in [-0.4, -0.2) is 17.0 Å². The van der Waals surface area contributed by atoms with Crippen molar-refractivity contribution in [2.24, 2.45) is 0 Å². The number of carboxylic acid groups (broad SMARTS) is 1. The van der Waals surface area contributed by atoms with Crippen LogP contribution in [-0.2, 0) is 13.0 Å². The maximum Gasteiger partial charge on any atom is 0.335 e. The molecule has 0 aliphatic carbocycles. The summed E-state index contributed by atoms with van der Waals surface area (Å²) in [4.78, 5) is 22.7. The summed E-state index contributed by atoms with van der Waals surface area (Å²) in [5.41, 5.74) is 2.41. The van der Waals surface area contributed by atoms with Gasteiger partial charge in [0.1, 0.15) is 0 Å². The Hall–Kier alpha value is -3.13. The van der Waals surface area contributed by atoms with E-state index in [1.54, 1.807) is 36.4 Å². The molecule has 0 spiro atoms. The molecule has 0 aliphatic heterocycles. The van der Waals surface area contributed by atoms with E-state index in [0.29, 0.717) is 18.5 Å². The van der Waals surface area contributed by atoms with Crippen LogP contribution in [0.2, 0.25) is 0 Å². The van der Waals surface area contributed by atoms with Gasteiger partial charge in [-0.05, 0) is 35.4 Å². The van der Waals surface area contributed by atoms with Gasteiger partial charge in [-0.25, -0.2) is 4.79 Å². The maximum atomic E-state index is 12.0. The Morgan fingerprint density at radius 3 is 2.05 bits per heavy atom. The quantitative estimate of drug-likeness (QED) is 0.885. The first-order valence-electron chi connectivity index (χ1n) is 6.66. The van der Waals surface area contributed by atoms with E-state index < -0.39 is 5.97 Å². The Morgan fingerprint density at radius 1 is 0.955 bits per heavy atom. The Balaban J connectivity index is 1.94. The lowest BCUT2D eigenvalue weighted by Crippen LogP contribution is -2.22. The molecule has 5 nitrogen and oxygen atoms in total. The van der Waals surface area contributed by atoms with Gasteiger partial charge in [0.2, 0.25) is 0 Å². The standard InChI is InChI=1S/C17H14N2O3/c18-10-9-12-1-5-14(6-2-12)16(20)19-11-13-3-7-15(8-4-13)17(21)22/h1-8H,9,11H2,(H,19,20)(H,21,22). The van der Waals surface area contributed by atoms with Crippen LogP contribution in [0.25, 0.3) is 0 Å². The van der Waals surface area contributed by atoms with Crippen LogP contribution in [0, 0.1) is 11.3 Å². The second kappa shape index (κ2) is 7.04. The van der Waals surface area contributed by atoms with Crippen molar-refractivity contribution in [1.82, 2.24) is 5.32 Å². The Morgan fingerprint density at radius 2 is 1.50 bits per heavy atom. The highest BCUT2D eigenvalue weighted by atomic mass is 16.4. The molecule has 2 N–H and O–H groups in total. The maximum absolute atomic E-state index is 12.0. The average Bonchev–Trinajstić information content (AvgIpc) is 2.54. The fraction of sp³-hybridized carbons (Fsp3) is 0.118. The SMILES string of the molecule is N#CCc1ccc(C(=O)NCc2ccc(C(=O)O)cc2)cc1. The second-order valence-electron chi connectivity index (χ2n) is 4.72. The minimum absolute atomic E-state index is 0.211. The van der Waals surface area contributed by atoms with Crippen LogP contribution >= 0.6 is 0 Å². The van der Waals surface area contributed by atoms with E-state index in [-0.39, 0.29) is 11.5 Å². The average molecular weight is 294 g/mol. The van der Waals surface area contributed by atoms with Crippen molar-refractivity contribution in [3.8, 4) is 6.07 Å². The van der Waals surface area contributed by atoms with Gasteiger partial charge in [0.15, 0.2) is 0 Å². The minimum Gasteiger partial charge on any atom is -0.478 e. The molecule has 0 heterocycles. The van der Waals surface area contributed by atoms with Crippen LogP contribution in [0.5, 0.6) is 0 Å². The molecule has 0 saturated heterocycles. The van der Waals surface area contributed by atoms with Crippen LogP contribution in [0.1, 0.15) is 31.8 Å². The minimum atomic E-state index is -0.979. The molecule has 0 fully saturated rings. The summed E-state index contributed by atoms with van der Waals surface area (Å²) in [6, 6.07) is 15.2. The smallest absolute Gasteiger partial charge is 0.335 e. The van der Waals surface area contributed by atoms with Crippen molar-refractivity contribution in [2.45, 2.75) is 13.0 Å². The Kier molecular flexibility index (Phi) is 4.89. The van der Waals surface area contributed by atoms with E-state index >= 15 is 0 Å². The predicted molar refractivity (Wildman–Crippen MR) is 80.3 cm³/mol. The van der Waals surface area contributed by atoms with Gasteiger partial charge in [0, 0.05) is 12.1 Å². The highest BCUT2D eigenvalue weighted by Gasteiger charge is 2.06. The van der Waals surface area contributed by atoms with Gasteiger partial charge >= 0.3 is 5.97 Å². The summed E-state index contributed by atoms with van der Waals surface area (Å²) < 4.78 is 0. The molecule has 2 aromatic rings. The number of hydrogen-bond donors (Lipinski definition) is 2. The zero-order valence-corrected chi connectivity index (χ0v) is 11.7. The third-order valence-electron chi connectivity index (χ3n) is 3.15. The number of nitrogens with zero attached hydrogens (tertiary/aromatic N) is 1. The first-order valence-corrected chi connectivity index (χ1v) is 6.66. The molecular weight excluding hydrogens is 280 g/mol. The lowest BCUT2D eigenvalue weighted by atomic mass is 10.1. The monoisotopic (exact) mass is 294 g/mol. The van der Waals surface area contributed by atoms with Crippen LogP contribution in [0.15, 0.2) is 48.5 Å². The van der Waals surface area contributed by atoms with E-state index in [4.69, 9.17) is 10.4 Å². The zero-order chi connectivity index (χ0) is 15.9. The molecule has 2 rings (SSSR count). The van der Waals surface area contributed by atoms with Crippen LogP contribution in [0.3, 0.4) is 0 Å². The highest BCUT2D eigenvalue weighted by molar-refractivity contribution is 5.94. The summed E-state index contributed by atoms with van der Waals surface area (Å²) in [5.74, 6) is -1.20. The van der Waals surface area contributed by atoms with E-state index in [9.17, 15) is 9.59 Å². The van der Waals surface area contributed by atoms with E-state index in [0.717, 1.165) is 11.1 Å². The lowest BCUT2D eigenvalue weighted by Gasteiger charge is -2.06. The number of carboxylic acids is 1. The highest BCUT2D eigenvalue weighted by Crippen LogP contribution is 2.07. The Bertz CT molecular complexity index is 713. The first-order chi connectivity index (χ1) is 10.6. The molecule has 22 heavy (non-hydrogen) atoms. The van der Waals surface area contributed by atoms with Gasteiger partial charge in [0.05, 0.1) is 18.1 Å². The summed E-state index contributed by atoms with van der Waals surface area (Å²) in [6.07, 6.45) is 0.317. The molecule has 0 bridgehead atoms. The van der Waals surface area contributed by atoms with Gasteiger partial charge in [-0.3, -0.25) is 4.79 Å². The number of aromatic carboxylic acids is 1. The molecule has 110 valence electrons. The summed E-state index contributed by atoms with van der Waals surface area (Å²) >= 11 is 0. The lowest BCUT2D eigenvalue weighted by molar-refractivity contribution is 0.0696. The molecule has 0 aromatic heterocycles. The molecule has 0 unspecified atom stereocenters. The van der Waals surface area contributed by atoms with Gasteiger partial charge in [-0.1, -0.05) is 24.3 Å². The third kappa shape index (κ3) is 3.93. The fourth-order valence-electron chi connectivity index (χ4n) is 1.91. The number of rotatable bonds is 5. The number of amides is 1. The zero-order valence-electron chi connectivity index (χ0n) is 11.7. The van der Waals surface area contributed by atoms with Crippen LogP contribution in [0.4, 0.5) is 0 Å². The molecule has 0 aliphatic rings. The molecule has 2 aromatic carbocycles. The molecule has 1 amide bonds. The number of carbonyl (C=O) groups excluding carboxylic acids is 1. The van der Waals surface area contributed by atoms with E-state index in [1.165, 1.54) is 12.1 Å². The summed E-state index contributed by atoms with van der Waals surface area (Å²) in [7, 11) is 0. The molecule has 0 radical (unpaired) electrons. The molecular formula is C17H14N2O3. The number of nitrogens with one attached hydrogen (secondary N) is 1. The fourth-order valence-corrected chi connectivity index (χ4v) is 1.91. The molecule has 0 saturated carbocycles. The topological polar surface area (TPSA) is 90.2 Å². The normalized spacial score (nSPS) is 9.77. The van der Waals surface area contributed by atoms with Crippen molar-refractivity contribution in [1.29, 1.82) is 5.26 Å². The van der Waals surface area contributed by atoms with Gasteiger partial charge < -0.3 is 10.4 Å². The van der Waals surface area contributed by atoms with Gasteiger partial charge in [-0.2, -0.15) is 5.26 Å². The van der Waals surface area contributed by atoms with Crippen molar-refractivity contribution in [3.63, 3.8) is 0 Å². The Labute approximate surface area is 127 Å². The number of nitriles is 1. The van der Waals surface area contributed by atoms with Gasteiger partial charge in [0.25, 0.3) is 5.91 Å². The van der Waals surface area contributed by atoms with Crippen molar-refractivity contribution < 1.29 is 14.7 Å². The van der Waals surface area contributed by atoms with Gasteiger partial charge in [-0.15, -0.1) is 0 Å². The van der Waals surface area contributed by atoms with Crippen LogP contribution < -0.4 is 5.32 Å². The van der Waals surface area contributed by atoms with Crippen molar-refractivity contribution in [2.75, 3.05) is 0 Å². The predicted octanol–water partition coefficient (Wildman–Crippen LogP) is 2.38. The largest absolute Gasteiger partial charge is 0.478 e. The number of carbonyl (C=O) groups is 2. The summed E-state index contributed by atoms with van der Waals surface area (Å²) in [5, 5.41) is 20.2. The molecule has 5 heteroatoms. The van der Waals surface area contributed by atoms with Crippen molar-refractivity contribution >= 4 is 11.9 Å². The second-order valence-corrected chi connectivity index (χ2v) is 4.72. The number of benzene rings is 2. The molecule has 0 atom stereocenters.